The predicted octanol–water partition coefficient (Wildman–Crippen LogP) is 3.70. The van der Waals surface area contributed by atoms with Crippen molar-refractivity contribution in [3.63, 3.8) is 0 Å². The highest BCUT2D eigenvalue weighted by molar-refractivity contribution is 7.99. The molecule has 180 valence electrons. The Bertz CT molecular complexity index is 1030. The van der Waals surface area contributed by atoms with Crippen LogP contribution < -0.4 is 0 Å². The Morgan fingerprint density at radius 2 is 1.24 bits per heavy atom. The summed E-state index contributed by atoms with van der Waals surface area (Å²) < 4.78 is 15.1. The normalized spacial score (nSPS) is 11.0. The average molecular weight is 488 g/mol. The number of benzene rings is 2. The Labute approximate surface area is 201 Å². The predicted molar refractivity (Wildman–Crippen MR) is 124 cm³/mol. The monoisotopic (exact) mass is 487 g/mol. The highest BCUT2D eigenvalue weighted by atomic mass is 32.2. The SMILES string of the molecule is CC(=O)OCCOCCOC(=O)c1ccc(Sc2ccc(C(=O)/C(C)=N/OC(C)=O)cc2)cc1. The molecule has 0 amide bonds. The highest BCUT2D eigenvalue weighted by Gasteiger charge is 2.12. The van der Waals surface area contributed by atoms with E-state index < -0.39 is 11.9 Å². The minimum Gasteiger partial charge on any atom is -0.463 e. The van der Waals surface area contributed by atoms with Crippen LogP contribution in [0.4, 0.5) is 0 Å². The van der Waals surface area contributed by atoms with Crippen LogP contribution in [0.5, 0.6) is 0 Å². The molecular formula is C24H25NO8S. The van der Waals surface area contributed by atoms with Crippen molar-refractivity contribution < 1.29 is 38.2 Å². The van der Waals surface area contributed by atoms with Crippen LogP contribution >= 0.6 is 11.8 Å². The van der Waals surface area contributed by atoms with Crippen molar-refractivity contribution in [2.75, 3.05) is 26.4 Å². The molecule has 0 aliphatic heterocycles. The molecule has 0 heterocycles. The lowest BCUT2D eigenvalue weighted by Gasteiger charge is -2.07. The molecule has 2 aromatic carbocycles. The summed E-state index contributed by atoms with van der Waals surface area (Å²) in [7, 11) is 0. The lowest BCUT2D eigenvalue weighted by molar-refractivity contribution is -0.143. The van der Waals surface area contributed by atoms with Gasteiger partial charge in [0.1, 0.15) is 18.9 Å². The van der Waals surface area contributed by atoms with Gasteiger partial charge in [-0.3, -0.25) is 9.59 Å². The fourth-order valence-corrected chi connectivity index (χ4v) is 3.29. The number of hydrogen-bond donors (Lipinski definition) is 0. The van der Waals surface area contributed by atoms with Crippen molar-refractivity contribution in [1.29, 1.82) is 0 Å². The molecule has 2 rings (SSSR count). The Kier molecular flexibility index (Phi) is 10.9. The Morgan fingerprint density at radius 3 is 1.76 bits per heavy atom. The Morgan fingerprint density at radius 1 is 0.706 bits per heavy atom. The number of rotatable bonds is 12. The smallest absolute Gasteiger partial charge is 0.338 e. The average Bonchev–Trinajstić information content (AvgIpc) is 2.82. The molecule has 2 aromatic rings. The quantitative estimate of drug-likeness (QED) is 0.110. The maximum absolute atomic E-state index is 12.3. The van der Waals surface area contributed by atoms with Crippen molar-refractivity contribution in [1.82, 2.24) is 0 Å². The number of nitrogens with zero attached hydrogens (tertiary/aromatic N) is 1. The summed E-state index contributed by atoms with van der Waals surface area (Å²) in [6.45, 7) is 4.68. The molecule has 0 spiro atoms. The Hall–Kier alpha value is -3.50. The number of ketones is 1. The molecule has 0 aliphatic carbocycles. The first kappa shape index (κ1) is 26.7. The third-order valence-electron chi connectivity index (χ3n) is 4.08. The maximum Gasteiger partial charge on any atom is 0.338 e. The topological polar surface area (TPSA) is 118 Å². The van der Waals surface area contributed by atoms with Crippen LogP contribution in [0.3, 0.4) is 0 Å². The lowest BCUT2D eigenvalue weighted by atomic mass is 10.1. The van der Waals surface area contributed by atoms with E-state index in [9.17, 15) is 19.2 Å². The second-order valence-electron chi connectivity index (χ2n) is 6.83. The molecule has 0 N–H and O–H groups in total. The summed E-state index contributed by atoms with van der Waals surface area (Å²) >= 11 is 1.46. The van der Waals surface area contributed by atoms with Crippen molar-refractivity contribution in [3.05, 3.63) is 59.7 Å². The van der Waals surface area contributed by atoms with Crippen LogP contribution in [0.2, 0.25) is 0 Å². The molecule has 0 unspecified atom stereocenters. The van der Waals surface area contributed by atoms with Crippen LogP contribution in [0, 0.1) is 0 Å². The minimum atomic E-state index is -0.597. The highest BCUT2D eigenvalue weighted by Crippen LogP contribution is 2.28. The third kappa shape index (κ3) is 9.55. The molecule has 0 atom stereocenters. The van der Waals surface area contributed by atoms with E-state index in [1.54, 1.807) is 48.5 Å². The number of carbonyl (C=O) groups excluding carboxylic acids is 4. The van der Waals surface area contributed by atoms with Gasteiger partial charge >= 0.3 is 17.9 Å². The number of ether oxygens (including phenoxy) is 3. The summed E-state index contributed by atoms with van der Waals surface area (Å²) in [5.74, 6) is -1.77. The summed E-state index contributed by atoms with van der Waals surface area (Å²) in [5.41, 5.74) is 0.908. The number of esters is 2. The maximum atomic E-state index is 12.3. The minimum absolute atomic E-state index is 0.0756. The summed E-state index contributed by atoms with van der Waals surface area (Å²) in [6, 6.07) is 13.8. The molecule has 0 saturated heterocycles. The van der Waals surface area contributed by atoms with Crippen LogP contribution in [-0.4, -0.2) is 55.8 Å². The van der Waals surface area contributed by atoms with E-state index in [-0.39, 0.29) is 43.9 Å². The largest absolute Gasteiger partial charge is 0.463 e. The van der Waals surface area contributed by atoms with Gasteiger partial charge < -0.3 is 19.0 Å². The third-order valence-corrected chi connectivity index (χ3v) is 5.09. The van der Waals surface area contributed by atoms with Gasteiger partial charge in [0.2, 0.25) is 5.78 Å². The van der Waals surface area contributed by atoms with E-state index in [1.807, 2.05) is 0 Å². The van der Waals surface area contributed by atoms with E-state index in [0.29, 0.717) is 11.1 Å². The van der Waals surface area contributed by atoms with E-state index >= 15 is 0 Å². The van der Waals surface area contributed by atoms with Gasteiger partial charge in [-0.2, -0.15) is 0 Å². The van der Waals surface area contributed by atoms with Gasteiger partial charge in [0.05, 0.1) is 18.8 Å². The molecule has 0 radical (unpaired) electrons. The first-order valence-electron chi connectivity index (χ1n) is 10.3. The van der Waals surface area contributed by atoms with E-state index in [4.69, 9.17) is 14.2 Å². The Balaban J connectivity index is 1.81. The fourth-order valence-electron chi connectivity index (χ4n) is 2.48. The second kappa shape index (κ2) is 13.9. The summed E-state index contributed by atoms with van der Waals surface area (Å²) in [6.07, 6.45) is 0. The van der Waals surface area contributed by atoms with Crippen molar-refractivity contribution in [3.8, 4) is 0 Å². The fraction of sp³-hybridized carbons (Fsp3) is 0.292. The van der Waals surface area contributed by atoms with Crippen LogP contribution in [0.1, 0.15) is 41.5 Å². The first-order valence-corrected chi connectivity index (χ1v) is 11.1. The number of carbonyl (C=O) groups is 4. The van der Waals surface area contributed by atoms with Gasteiger partial charge in [0, 0.05) is 29.2 Å². The first-order chi connectivity index (χ1) is 16.3. The molecule has 10 heteroatoms. The molecule has 0 aromatic heterocycles. The van der Waals surface area contributed by atoms with Crippen LogP contribution in [-0.2, 0) is 28.6 Å². The van der Waals surface area contributed by atoms with Crippen LogP contribution in [0.25, 0.3) is 0 Å². The van der Waals surface area contributed by atoms with Crippen LogP contribution in [0.15, 0.2) is 63.5 Å². The molecule has 34 heavy (non-hydrogen) atoms. The van der Waals surface area contributed by atoms with E-state index in [2.05, 4.69) is 9.99 Å². The van der Waals surface area contributed by atoms with Gasteiger partial charge in [-0.1, -0.05) is 16.9 Å². The molecule has 0 bridgehead atoms. The number of oxime groups is 1. The zero-order valence-corrected chi connectivity index (χ0v) is 19.9. The number of hydrogen-bond acceptors (Lipinski definition) is 10. The molecule has 9 nitrogen and oxygen atoms in total. The zero-order chi connectivity index (χ0) is 24.9. The standard InChI is InChI=1S/C24H25NO8S/c1-16(25-33-18(3)27)23(28)19-4-8-21(9-5-19)34-22-10-6-20(7-11-22)24(29)32-15-13-30-12-14-31-17(2)26/h4-11H,12-15H2,1-3H3/b25-16+. The van der Waals surface area contributed by atoms with Crippen molar-refractivity contribution in [2.24, 2.45) is 5.16 Å². The van der Waals surface area contributed by atoms with Gasteiger partial charge in [-0.25, -0.2) is 9.59 Å². The van der Waals surface area contributed by atoms with Gasteiger partial charge in [0.15, 0.2) is 0 Å². The van der Waals surface area contributed by atoms with Gasteiger partial charge in [-0.05, 0) is 55.5 Å². The lowest BCUT2D eigenvalue weighted by Crippen LogP contribution is -2.13. The summed E-state index contributed by atoms with van der Waals surface area (Å²) in [5, 5.41) is 3.50. The molecule has 0 saturated carbocycles. The second-order valence-corrected chi connectivity index (χ2v) is 7.97. The van der Waals surface area contributed by atoms with Gasteiger partial charge in [-0.15, -0.1) is 0 Å². The van der Waals surface area contributed by atoms with Crippen molar-refractivity contribution >= 4 is 41.2 Å². The van der Waals surface area contributed by atoms with E-state index in [1.165, 1.54) is 32.5 Å². The van der Waals surface area contributed by atoms with E-state index in [0.717, 1.165) is 9.79 Å². The molecular weight excluding hydrogens is 462 g/mol. The summed E-state index contributed by atoms with van der Waals surface area (Å²) in [4.78, 5) is 52.1. The van der Waals surface area contributed by atoms with Crippen molar-refractivity contribution in [2.45, 2.75) is 30.6 Å². The molecule has 0 aliphatic rings. The number of Topliss-reactive ketones (excluding diaryl/α,β-unsaturated/α-hetero) is 1. The van der Waals surface area contributed by atoms with Gasteiger partial charge in [0.25, 0.3) is 0 Å². The molecule has 0 fully saturated rings. The zero-order valence-electron chi connectivity index (χ0n) is 19.1.